The number of aliphatic hydroxyl groups excluding tert-OH is 1. The number of ether oxygens (including phenoxy) is 3. The molecule has 0 aliphatic carbocycles. The van der Waals surface area contributed by atoms with Gasteiger partial charge in [0.2, 0.25) is 5.91 Å². The Hall–Kier alpha value is -2.16. The third-order valence-electron chi connectivity index (χ3n) is 5.96. The molecule has 5 unspecified atom stereocenters. The largest absolute Gasteiger partial charge is 0.497 e. The molecule has 2 heterocycles. The quantitative estimate of drug-likeness (QED) is 0.532. The highest BCUT2D eigenvalue weighted by atomic mass is 35.5. The molecule has 0 aromatic heterocycles. The number of methoxy groups -OCH3 is 1. The summed E-state index contributed by atoms with van der Waals surface area (Å²) in [6.07, 6.45) is -1.10. The number of aliphatic hydroxyl groups is 1. The van der Waals surface area contributed by atoms with Gasteiger partial charge in [-0.15, -0.1) is 0 Å². The van der Waals surface area contributed by atoms with Gasteiger partial charge >= 0.3 is 0 Å². The summed E-state index contributed by atoms with van der Waals surface area (Å²) in [6.45, 7) is 1.54. The smallest absolute Gasteiger partial charge is 0.222 e. The summed E-state index contributed by atoms with van der Waals surface area (Å²) in [6, 6.07) is 15.2. The van der Waals surface area contributed by atoms with E-state index in [-0.39, 0.29) is 30.6 Å². The van der Waals surface area contributed by atoms with E-state index in [9.17, 15) is 9.90 Å². The minimum absolute atomic E-state index is 0.0850. The molecule has 2 aliphatic heterocycles. The number of carbonyl (C=O) groups excluding carboxylic acids is 1. The molecular weight excluding hydrogens is 432 g/mol. The van der Waals surface area contributed by atoms with Gasteiger partial charge in [0.05, 0.1) is 31.8 Å². The van der Waals surface area contributed by atoms with Crippen molar-refractivity contribution >= 4 is 17.5 Å². The summed E-state index contributed by atoms with van der Waals surface area (Å²) in [7, 11) is 1.62. The molecule has 5 atom stereocenters. The molecule has 2 saturated heterocycles. The van der Waals surface area contributed by atoms with Crippen LogP contribution in [0, 0.1) is 0 Å². The van der Waals surface area contributed by atoms with E-state index in [1.807, 2.05) is 48.5 Å². The Kier molecular flexibility index (Phi) is 7.65. The molecule has 2 aromatic rings. The number of carbonyl (C=O) groups is 1. The summed E-state index contributed by atoms with van der Waals surface area (Å²) < 4.78 is 17.1. The zero-order chi connectivity index (χ0) is 22.5. The Bertz CT molecular complexity index is 910. The molecule has 0 bridgehead atoms. The summed E-state index contributed by atoms with van der Waals surface area (Å²) in [5.74, 6) is 0.695. The first kappa shape index (κ1) is 23.0. The van der Waals surface area contributed by atoms with Crippen molar-refractivity contribution in [3.8, 4) is 5.75 Å². The van der Waals surface area contributed by atoms with Crippen molar-refractivity contribution in [2.24, 2.45) is 0 Å². The highest BCUT2D eigenvalue weighted by Crippen LogP contribution is 2.35. The van der Waals surface area contributed by atoms with Gasteiger partial charge in [-0.25, -0.2) is 0 Å². The molecule has 2 fully saturated rings. The van der Waals surface area contributed by atoms with Crippen LogP contribution in [0.2, 0.25) is 5.02 Å². The standard InChI is InChI=1S/C24H29ClN2O5/c1-30-17-8-6-15(7-9-17)12-27-22(28)11-18-10-20-24(31-18)23(29)21(32-20)14-26-13-16-4-2-3-5-19(16)25/h2-9,18,20-21,23-24,26,29H,10-14H2,1H3,(H,27,28). The van der Waals surface area contributed by atoms with E-state index in [0.29, 0.717) is 31.1 Å². The van der Waals surface area contributed by atoms with Gasteiger partial charge in [0.25, 0.3) is 0 Å². The van der Waals surface area contributed by atoms with E-state index in [4.69, 9.17) is 25.8 Å². The maximum Gasteiger partial charge on any atom is 0.222 e. The first-order valence-corrected chi connectivity index (χ1v) is 11.2. The number of hydrogen-bond acceptors (Lipinski definition) is 6. The van der Waals surface area contributed by atoms with Crippen LogP contribution in [0.5, 0.6) is 5.75 Å². The Balaban J connectivity index is 1.18. The van der Waals surface area contributed by atoms with Gasteiger partial charge in [-0.05, 0) is 29.3 Å². The molecule has 32 heavy (non-hydrogen) atoms. The zero-order valence-corrected chi connectivity index (χ0v) is 18.8. The SMILES string of the molecule is COc1ccc(CNC(=O)CC2CC3OC(CNCc4ccccc4Cl)C(O)C3O2)cc1. The average molecular weight is 461 g/mol. The van der Waals surface area contributed by atoms with Gasteiger partial charge in [0, 0.05) is 31.1 Å². The fourth-order valence-electron chi connectivity index (χ4n) is 4.22. The van der Waals surface area contributed by atoms with Gasteiger partial charge in [0.15, 0.2) is 0 Å². The van der Waals surface area contributed by atoms with Crippen LogP contribution in [-0.4, -0.2) is 55.2 Å². The van der Waals surface area contributed by atoms with Crippen molar-refractivity contribution < 1.29 is 24.1 Å². The second kappa shape index (κ2) is 10.6. The monoisotopic (exact) mass is 460 g/mol. The lowest BCUT2D eigenvalue weighted by Crippen LogP contribution is -2.39. The molecular formula is C24H29ClN2O5. The van der Waals surface area contributed by atoms with E-state index in [0.717, 1.165) is 16.9 Å². The summed E-state index contributed by atoms with van der Waals surface area (Å²) in [5.41, 5.74) is 1.99. The number of rotatable bonds is 9. The molecule has 172 valence electrons. The number of fused-ring (bicyclic) bond motifs is 1. The molecule has 1 amide bonds. The molecule has 0 spiro atoms. The predicted molar refractivity (Wildman–Crippen MR) is 121 cm³/mol. The van der Waals surface area contributed by atoms with E-state index in [1.54, 1.807) is 7.11 Å². The van der Waals surface area contributed by atoms with Crippen LogP contribution in [0.15, 0.2) is 48.5 Å². The fraction of sp³-hybridized carbons (Fsp3) is 0.458. The molecule has 4 rings (SSSR count). The van der Waals surface area contributed by atoms with Crippen molar-refractivity contribution in [1.29, 1.82) is 0 Å². The van der Waals surface area contributed by atoms with Crippen molar-refractivity contribution in [1.82, 2.24) is 10.6 Å². The third kappa shape index (κ3) is 5.60. The number of amides is 1. The topological polar surface area (TPSA) is 89.1 Å². The van der Waals surface area contributed by atoms with Crippen LogP contribution in [0.4, 0.5) is 0 Å². The normalized spacial score (nSPS) is 26.7. The van der Waals surface area contributed by atoms with E-state index >= 15 is 0 Å². The Morgan fingerprint density at radius 3 is 2.66 bits per heavy atom. The molecule has 0 saturated carbocycles. The summed E-state index contributed by atoms with van der Waals surface area (Å²) in [5, 5.41) is 17.5. The van der Waals surface area contributed by atoms with E-state index in [2.05, 4.69) is 10.6 Å². The molecule has 7 nitrogen and oxygen atoms in total. The summed E-state index contributed by atoms with van der Waals surface area (Å²) >= 11 is 6.17. The minimum atomic E-state index is -0.730. The van der Waals surface area contributed by atoms with Crippen molar-refractivity contribution in [2.45, 2.75) is 56.5 Å². The lowest BCUT2D eigenvalue weighted by Gasteiger charge is -2.20. The van der Waals surface area contributed by atoms with Gasteiger partial charge in [-0.1, -0.05) is 41.9 Å². The number of benzene rings is 2. The van der Waals surface area contributed by atoms with Crippen LogP contribution >= 0.6 is 11.6 Å². The first-order chi connectivity index (χ1) is 15.5. The van der Waals surface area contributed by atoms with Crippen molar-refractivity contribution in [2.75, 3.05) is 13.7 Å². The lowest BCUT2D eigenvalue weighted by atomic mass is 10.1. The second-order valence-corrected chi connectivity index (χ2v) is 8.62. The maximum atomic E-state index is 12.3. The Labute approximate surface area is 193 Å². The second-order valence-electron chi connectivity index (χ2n) is 8.21. The first-order valence-electron chi connectivity index (χ1n) is 10.9. The van der Waals surface area contributed by atoms with Crippen LogP contribution < -0.4 is 15.4 Å². The van der Waals surface area contributed by atoms with Crippen molar-refractivity contribution in [3.63, 3.8) is 0 Å². The van der Waals surface area contributed by atoms with E-state index < -0.39 is 12.2 Å². The van der Waals surface area contributed by atoms with Crippen LogP contribution in [0.1, 0.15) is 24.0 Å². The zero-order valence-electron chi connectivity index (χ0n) is 18.0. The third-order valence-corrected chi connectivity index (χ3v) is 6.33. The Morgan fingerprint density at radius 2 is 1.94 bits per heavy atom. The van der Waals surface area contributed by atoms with Crippen LogP contribution in [0.3, 0.4) is 0 Å². The van der Waals surface area contributed by atoms with Crippen LogP contribution in [-0.2, 0) is 27.4 Å². The highest BCUT2D eigenvalue weighted by molar-refractivity contribution is 6.31. The average Bonchev–Trinajstić information content (AvgIpc) is 3.32. The molecule has 3 N–H and O–H groups in total. The summed E-state index contributed by atoms with van der Waals surface area (Å²) in [4.78, 5) is 12.3. The van der Waals surface area contributed by atoms with Gasteiger partial charge in [0.1, 0.15) is 18.0 Å². The minimum Gasteiger partial charge on any atom is -0.497 e. The number of halogens is 1. The molecule has 2 aromatic carbocycles. The molecule has 2 aliphatic rings. The van der Waals surface area contributed by atoms with Crippen LogP contribution in [0.25, 0.3) is 0 Å². The van der Waals surface area contributed by atoms with Gasteiger partial charge in [-0.3, -0.25) is 4.79 Å². The lowest BCUT2D eigenvalue weighted by molar-refractivity contribution is -0.124. The molecule has 8 heteroatoms. The number of hydrogen-bond donors (Lipinski definition) is 3. The van der Waals surface area contributed by atoms with E-state index in [1.165, 1.54) is 0 Å². The van der Waals surface area contributed by atoms with Gasteiger partial charge in [-0.2, -0.15) is 0 Å². The van der Waals surface area contributed by atoms with Gasteiger partial charge < -0.3 is 30.0 Å². The maximum absolute atomic E-state index is 12.3. The Morgan fingerprint density at radius 1 is 1.16 bits per heavy atom. The predicted octanol–water partition coefficient (Wildman–Crippen LogP) is 2.43. The highest BCUT2D eigenvalue weighted by Gasteiger charge is 2.50. The molecule has 0 radical (unpaired) electrons. The number of nitrogens with one attached hydrogen (secondary N) is 2. The van der Waals surface area contributed by atoms with Crippen molar-refractivity contribution in [3.05, 3.63) is 64.7 Å². The fourth-order valence-corrected chi connectivity index (χ4v) is 4.43.